The fraction of sp³-hybridized carbons (Fsp3) is 0.464. The van der Waals surface area contributed by atoms with Crippen LogP contribution < -0.4 is 19.7 Å². The highest BCUT2D eigenvalue weighted by molar-refractivity contribution is 7.89. The van der Waals surface area contributed by atoms with E-state index in [-0.39, 0.29) is 23.9 Å². The van der Waals surface area contributed by atoms with E-state index in [1.807, 2.05) is 18.2 Å². The van der Waals surface area contributed by atoms with Crippen LogP contribution >= 0.6 is 0 Å². The predicted molar refractivity (Wildman–Crippen MR) is 143 cm³/mol. The van der Waals surface area contributed by atoms with E-state index >= 15 is 0 Å². The molecule has 0 bridgehead atoms. The third-order valence-electron chi connectivity index (χ3n) is 8.64. The Hall–Kier alpha value is -3.12. The molecule has 2 fully saturated rings. The summed E-state index contributed by atoms with van der Waals surface area (Å²) in [5.41, 5.74) is 3.46. The summed E-state index contributed by atoms with van der Waals surface area (Å²) in [5, 5.41) is 14.5. The number of aliphatic hydroxyl groups excluding tert-OH is 1. The van der Waals surface area contributed by atoms with E-state index in [9.17, 15) is 18.3 Å². The molecule has 2 aromatic rings. The monoisotopic (exact) mass is 552 g/mol. The van der Waals surface area contributed by atoms with Crippen LogP contribution in [0.2, 0.25) is 0 Å². The zero-order valence-electron chi connectivity index (χ0n) is 21.6. The van der Waals surface area contributed by atoms with E-state index in [1.54, 1.807) is 17.0 Å². The molecule has 5 heterocycles. The van der Waals surface area contributed by atoms with Gasteiger partial charge in [-0.25, -0.2) is 8.42 Å². The average Bonchev–Trinajstić information content (AvgIpc) is 3.73. The lowest BCUT2D eigenvalue weighted by molar-refractivity contribution is -0.139. The van der Waals surface area contributed by atoms with Crippen LogP contribution in [-0.2, 0) is 14.8 Å². The number of carbonyl (C=O) groups excluding carboxylic acids is 1. The minimum absolute atomic E-state index is 0.161. The van der Waals surface area contributed by atoms with Crippen molar-refractivity contribution in [1.82, 2.24) is 14.5 Å². The van der Waals surface area contributed by atoms with E-state index in [0.717, 1.165) is 43.0 Å². The Morgan fingerprint density at radius 3 is 2.33 bits per heavy atom. The molecule has 0 radical (unpaired) electrons. The Labute approximate surface area is 227 Å². The summed E-state index contributed by atoms with van der Waals surface area (Å²) >= 11 is 0. The minimum Gasteiger partial charge on any atom is -0.486 e. The summed E-state index contributed by atoms with van der Waals surface area (Å²) < 4.78 is 39.2. The van der Waals surface area contributed by atoms with Gasteiger partial charge in [0.1, 0.15) is 13.2 Å². The second kappa shape index (κ2) is 9.51. The molecule has 10 nitrogen and oxygen atoms in total. The van der Waals surface area contributed by atoms with E-state index in [1.165, 1.54) is 16.4 Å². The van der Waals surface area contributed by atoms with Gasteiger partial charge in [0.15, 0.2) is 17.6 Å². The number of hydrogen-bond acceptors (Lipinski definition) is 8. The Bertz CT molecular complexity index is 1430. The molecule has 2 unspecified atom stereocenters. The highest BCUT2D eigenvalue weighted by Gasteiger charge is 2.40. The first-order valence-electron chi connectivity index (χ1n) is 13.5. The lowest BCUT2D eigenvalue weighted by atomic mass is 10.0. The van der Waals surface area contributed by atoms with Crippen LogP contribution in [0.1, 0.15) is 11.7 Å². The Balaban J connectivity index is 0.993. The molecule has 0 saturated carbocycles. The van der Waals surface area contributed by atoms with Gasteiger partial charge in [0, 0.05) is 64.1 Å². The zero-order chi connectivity index (χ0) is 26.7. The Morgan fingerprint density at radius 2 is 1.62 bits per heavy atom. The summed E-state index contributed by atoms with van der Waals surface area (Å²) in [6.07, 6.45) is -1.26. The van der Waals surface area contributed by atoms with E-state index in [4.69, 9.17) is 9.47 Å². The van der Waals surface area contributed by atoms with Gasteiger partial charge in [0.25, 0.3) is 5.91 Å². The maximum absolute atomic E-state index is 13.3. The maximum atomic E-state index is 13.3. The van der Waals surface area contributed by atoms with E-state index in [0.29, 0.717) is 55.2 Å². The van der Waals surface area contributed by atoms with Crippen LogP contribution in [-0.4, -0.2) is 94.2 Å². The van der Waals surface area contributed by atoms with Crippen molar-refractivity contribution in [3.8, 4) is 11.5 Å². The molecular weight excluding hydrogens is 520 g/mol. The van der Waals surface area contributed by atoms with Gasteiger partial charge in [0.05, 0.1) is 4.90 Å². The molecule has 11 heteroatoms. The number of fused-ring (bicyclic) bond motifs is 2. The molecule has 2 N–H and O–H groups in total. The number of ether oxygens (including phenoxy) is 2. The molecule has 7 rings (SSSR count). The molecule has 0 aliphatic carbocycles. The van der Waals surface area contributed by atoms with Gasteiger partial charge in [-0.2, -0.15) is 4.31 Å². The largest absolute Gasteiger partial charge is 0.486 e. The fourth-order valence-electron chi connectivity index (χ4n) is 6.48. The van der Waals surface area contributed by atoms with Gasteiger partial charge in [0.2, 0.25) is 10.0 Å². The lowest BCUT2D eigenvalue weighted by Gasteiger charge is -2.26. The summed E-state index contributed by atoms with van der Waals surface area (Å²) in [4.78, 5) is 17.4. The van der Waals surface area contributed by atoms with E-state index < -0.39 is 16.1 Å². The molecule has 3 atom stereocenters. The zero-order valence-corrected chi connectivity index (χ0v) is 22.4. The van der Waals surface area contributed by atoms with Crippen molar-refractivity contribution in [1.29, 1.82) is 0 Å². The van der Waals surface area contributed by atoms with Gasteiger partial charge < -0.3 is 29.7 Å². The van der Waals surface area contributed by atoms with Crippen LogP contribution in [0.4, 0.5) is 5.69 Å². The number of benzene rings is 2. The molecule has 1 amide bonds. The van der Waals surface area contributed by atoms with Crippen molar-refractivity contribution in [3.63, 3.8) is 0 Å². The van der Waals surface area contributed by atoms with Gasteiger partial charge in [-0.15, -0.1) is 0 Å². The fourth-order valence-corrected chi connectivity index (χ4v) is 7.92. The number of sulfonamides is 1. The topological polar surface area (TPSA) is 112 Å². The first-order chi connectivity index (χ1) is 18.9. The van der Waals surface area contributed by atoms with E-state index in [2.05, 4.69) is 10.2 Å². The third kappa shape index (κ3) is 4.37. The molecule has 2 aromatic carbocycles. The van der Waals surface area contributed by atoms with Crippen LogP contribution in [0.5, 0.6) is 11.5 Å². The number of carbonyl (C=O) groups is 1. The quantitative estimate of drug-likeness (QED) is 0.529. The second-order valence-corrected chi connectivity index (χ2v) is 13.0. The first kappa shape index (κ1) is 24.9. The van der Waals surface area contributed by atoms with Gasteiger partial charge in [-0.1, -0.05) is 12.1 Å². The smallest absolute Gasteiger partial charge is 0.256 e. The van der Waals surface area contributed by atoms with Crippen LogP contribution in [0, 0.1) is 11.8 Å². The molecule has 0 aromatic heterocycles. The Morgan fingerprint density at radius 1 is 0.923 bits per heavy atom. The molecule has 206 valence electrons. The average molecular weight is 553 g/mol. The van der Waals surface area contributed by atoms with Crippen molar-refractivity contribution in [2.24, 2.45) is 11.8 Å². The molecule has 2 saturated heterocycles. The number of anilines is 1. The molecule has 5 aliphatic heterocycles. The summed E-state index contributed by atoms with van der Waals surface area (Å²) in [6.45, 7) is 5.98. The number of amides is 1. The number of aliphatic hydroxyl groups is 1. The highest BCUT2D eigenvalue weighted by atomic mass is 32.2. The van der Waals surface area contributed by atoms with Crippen molar-refractivity contribution >= 4 is 21.6 Å². The van der Waals surface area contributed by atoms with Crippen molar-refractivity contribution < 1.29 is 27.8 Å². The number of nitrogens with zero attached hydrogens (tertiary/aromatic N) is 3. The van der Waals surface area contributed by atoms with Crippen LogP contribution in [0.25, 0.3) is 0 Å². The maximum Gasteiger partial charge on any atom is 0.256 e. The van der Waals surface area contributed by atoms with Gasteiger partial charge in [-0.05, 0) is 52.8 Å². The Kier molecular flexibility index (Phi) is 6.07. The van der Waals surface area contributed by atoms with Crippen LogP contribution in [0.3, 0.4) is 0 Å². The molecule has 5 aliphatic rings. The number of hydrogen-bond donors (Lipinski definition) is 2. The van der Waals surface area contributed by atoms with Crippen molar-refractivity contribution in [2.75, 3.05) is 70.5 Å². The normalized spacial score (nSPS) is 25.3. The minimum atomic E-state index is -3.74. The molecule has 0 spiro atoms. The summed E-state index contributed by atoms with van der Waals surface area (Å²) in [6, 6.07) is 12.3. The standard InChI is InChI=1S/C28H32N4O6S/c33-27(18-2-1-3-23(8-18)30-12-19-10-29-11-20(19)13-30)28(34)31-14-21-16-32(17-22(21)15-31)39(35,36)24-4-5-25-26(9-24)38-7-6-37-25/h1-5,8-9,19-20,27,29,33H,6-7,10-17H2/t19?,20?,27-/m0/s1. The van der Waals surface area contributed by atoms with Crippen molar-refractivity contribution in [2.45, 2.75) is 11.0 Å². The van der Waals surface area contributed by atoms with Gasteiger partial charge in [-0.3, -0.25) is 4.79 Å². The number of rotatable bonds is 5. The third-order valence-corrected chi connectivity index (χ3v) is 10.4. The highest BCUT2D eigenvalue weighted by Crippen LogP contribution is 2.36. The summed E-state index contributed by atoms with van der Waals surface area (Å²) in [7, 11) is -3.74. The molecular formula is C28H32N4O6S. The predicted octanol–water partition coefficient (Wildman–Crippen LogP) is 0.990. The lowest BCUT2D eigenvalue weighted by Crippen LogP contribution is -2.38. The van der Waals surface area contributed by atoms with Crippen molar-refractivity contribution in [3.05, 3.63) is 59.2 Å². The van der Waals surface area contributed by atoms with Crippen LogP contribution in [0.15, 0.2) is 58.5 Å². The first-order valence-corrected chi connectivity index (χ1v) is 14.9. The summed E-state index contributed by atoms with van der Waals surface area (Å²) in [5.74, 6) is 1.92. The molecule has 39 heavy (non-hydrogen) atoms. The van der Waals surface area contributed by atoms with Gasteiger partial charge >= 0.3 is 0 Å². The SMILES string of the molecule is O=C([C@@H](O)c1cccc(N2CC3CNCC3C2)c1)N1CC2=C(C1)CN(S(=O)(=O)c1ccc3c(c1)OCCO3)C2. The number of nitrogens with one attached hydrogen (secondary N) is 1. The second-order valence-electron chi connectivity index (χ2n) is 11.1.